The first kappa shape index (κ1) is 23.2. The second-order valence-corrected chi connectivity index (χ2v) is 10.1. The fourth-order valence-corrected chi connectivity index (χ4v) is 4.93. The van der Waals surface area contributed by atoms with Gasteiger partial charge < -0.3 is 10.6 Å². The van der Waals surface area contributed by atoms with Gasteiger partial charge in [0.25, 0.3) is 5.91 Å². The number of aromatic nitrogens is 5. The van der Waals surface area contributed by atoms with Gasteiger partial charge in [0.2, 0.25) is 5.91 Å². The second-order valence-electron chi connectivity index (χ2n) is 10.1. The summed E-state index contributed by atoms with van der Waals surface area (Å²) in [6.45, 7) is 7.71. The van der Waals surface area contributed by atoms with Gasteiger partial charge in [0.05, 0.1) is 23.3 Å². The fraction of sp³-hybridized carbons (Fsp3) is 0.520. The van der Waals surface area contributed by atoms with Crippen molar-refractivity contribution in [3.05, 3.63) is 41.1 Å². The minimum Gasteiger partial charge on any atom is -0.338 e. The number of anilines is 1. The Labute approximate surface area is 203 Å². The van der Waals surface area contributed by atoms with Crippen LogP contribution in [0.1, 0.15) is 73.0 Å². The van der Waals surface area contributed by atoms with E-state index < -0.39 is 11.9 Å². The van der Waals surface area contributed by atoms with E-state index in [-0.39, 0.29) is 23.4 Å². The lowest BCUT2D eigenvalue weighted by molar-refractivity contribution is -0.119. The molecule has 3 aromatic rings. The molecule has 1 atom stereocenters. The SMILES string of the molecule is Cc1n[nH]c(C)c1-c1ccc(NC(=O)[C@@H](NC(=O)c2nonc2C(C)C)C(C2CC2)C2CC2)cn1. The van der Waals surface area contributed by atoms with Crippen molar-refractivity contribution >= 4 is 17.5 Å². The number of aromatic amines is 1. The summed E-state index contributed by atoms with van der Waals surface area (Å²) in [6, 6.07) is 3.02. The average molecular weight is 478 g/mol. The molecule has 0 unspecified atom stereocenters. The van der Waals surface area contributed by atoms with Crippen LogP contribution in [-0.4, -0.2) is 43.4 Å². The summed E-state index contributed by atoms with van der Waals surface area (Å²) in [5.74, 6) is 0.307. The van der Waals surface area contributed by atoms with Crippen LogP contribution < -0.4 is 10.6 Å². The number of nitrogens with one attached hydrogen (secondary N) is 3. The van der Waals surface area contributed by atoms with E-state index in [1.807, 2.05) is 39.8 Å². The maximum Gasteiger partial charge on any atom is 0.276 e. The Morgan fingerprint density at radius 1 is 1.09 bits per heavy atom. The minimum absolute atomic E-state index is 0.0240. The normalized spacial score (nSPS) is 16.5. The van der Waals surface area contributed by atoms with Gasteiger partial charge in [-0.1, -0.05) is 19.0 Å². The zero-order valence-corrected chi connectivity index (χ0v) is 20.5. The van der Waals surface area contributed by atoms with Crippen molar-refractivity contribution in [2.75, 3.05) is 5.32 Å². The van der Waals surface area contributed by atoms with Gasteiger partial charge in [0.1, 0.15) is 11.7 Å². The molecule has 2 amide bonds. The predicted molar refractivity (Wildman–Crippen MR) is 129 cm³/mol. The van der Waals surface area contributed by atoms with Gasteiger partial charge in [0.15, 0.2) is 5.69 Å². The third-order valence-electron chi connectivity index (χ3n) is 6.98. The smallest absolute Gasteiger partial charge is 0.276 e. The number of hydrogen-bond acceptors (Lipinski definition) is 7. The van der Waals surface area contributed by atoms with Crippen LogP contribution in [0.5, 0.6) is 0 Å². The molecule has 2 saturated carbocycles. The molecule has 0 aromatic carbocycles. The third-order valence-corrected chi connectivity index (χ3v) is 6.98. The molecule has 2 aliphatic rings. The largest absolute Gasteiger partial charge is 0.338 e. The van der Waals surface area contributed by atoms with Gasteiger partial charge in [-0.2, -0.15) is 5.10 Å². The maximum atomic E-state index is 13.5. The van der Waals surface area contributed by atoms with Crippen molar-refractivity contribution in [3.63, 3.8) is 0 Å². The first-order valence-electron chi connectivity index (χ1n) is 12.3. The van der Waals surface area contributed by atoms with Crippen LogP contribution >= 0.6 is 0 Å². The molecular formula is C25H31N7O3. The predicted octanol–water partition coefficient (Wildman–Crippen LogP) is 3.77. The molecular weight excluding hydrogens is 446 g/mol. The Balaban J connectivity index is 1.36. The summed E-state index contributed by atoms with van der Waals surface area (Å²) in [7, 11) is 0. The molecule has 2 aliphatic carbocycles. The van der Waals surface area contributed by atoms with Crippen molar-refractivity contribution in [1.29, 1.82) is 0 Å². The van der Waals surface area contributed by atoms with E-state index in [2.05, 4.69) is 36.1 Å². The quantitative estimate of drug-likeness (QED) is 0.426. The Hall–Kier alpha value is -3.56. The molecule has 5 rings (SSSR count). The van der Waals surface area contributed by atoms with E-state index in [1.54, 1.807) is 6.20 Å². The van der Waals surface area contributed by atoms with E-state index in [1.165, 1.54) is 0 Å². The summed E-state index contributed by atoms with van der Waals surface area (Å²) in [6.07, 6.45) is 5.98. The first-order valence-corrected chi connectivity index (χ1v) is 12.3. The van der Waals surface area contributed by atoms with Crippen molar-refractivity contribution in [1.82, 2.24) is 30.8 Å². The molecule has 0 aliphatic heterocycles. The molecule has 3 N–H and O–H groups in total. The van der Waals surface area contributed by atoms with E-state index in [0.29, 0.717) is 23.2 Å². The molecule has 3 aromatic heterocycles. The van der Waals surface area contributed by atoms with Gasteiger partial charge in [-0.3, -0.25) is 19.7 Å². The highest BCUT2D eigenvalue weighted by molar-refractivity contribution is 6.01. The summed E-state index contributed by atoms with van der Waals surface area (Å²) in [5.41, 5.74) is 4.75. The van der Waals surface area contributed by atoms with E-state index in [0.717, 1.165) is 48.3 Å². The van der Waals surface area contributed by atoms with Crippen molar-refractivity contribution in [3.8, 4) is 11.3 Å². The number of carbonyl (C=O) groups is 2. The van der Waals surface area contributed by atoms with Crippen molar-refractivity contribution < 1.29 is 14.2 Å². The Bertz CT molecular complexity index is 1190. The monoisotopic (exact) mass is 477 g/mol. The summed E-state index contributed by atoms with van der Waals surface area (Å²) in [5, 5.41) is 20.8. The Morgan fingerprint density at radius 3 is 2.34 bits per heavy atom. The van der Waals surface area contributed by atoms with Gasteiger partial charge in [-0.25, -0.2) is 4.63 Å². The van der Waals surface area contributed by atoms with Gasteiger partial charge in [0, 0.05) is 17.2 Å². The highest BCUT2D eigenvalue weighted by Crippen LogP contribution is 2.51. The number of pyridine rings is 1. The van der Waals surface area contributed by atoms with Crippen LogP contribution in [0.4, 0.5) is 5.69 Å². The molecule has 184 valence electrons. The Morgan fingerprint density at radius 2 is 1.80 bits per heavy atom. The standard InChI is InChI=1S/C25H31N7O3/c1-12(2)21-23(32-35-31-21)25(34)28-22(20(15-5-6-15)16-7-8-16)24(33)27-17-9-10-18(26-11-17)19-13(3)29-30-14(19)4/h9-12,15-16,20,22H,5-8H2,1-4H3,(H,27,33)(H,28,34)(H,29,30)/t22-/m0/s1. The number of carbonyl (C=O) groups excluding carboxylic acids is 2. The topological polar surface area (TPSA) is 139 Å². The lowest BCUT2D eigenvalue weighted by Crippen LogP contribution is -2.50. The van der Waals surface area contributed by atoms with E-state index in [4.69, 9.17) is 4.63 Å². The minimum atomic E-state index is -0.669. The van der Waals surface area contributed by atoms with Gasteiger partial charge >= 0.3 is 0 Å². The lowest BCUT2D eigenvalue weighted by atomic mass is 9.88. The highest BCUT2D eigenvalue weighted by Gasteiger charge is 2.48. The molecule has 10 heteroatoms. The van der Waals surface area contributed by atoms with Crippen LogP contribution in [0.15, 0.2) is 23.0 Å². The molecule has 0 radical (unpaired) electrons. The maximum absolute atomic E-state index is 13.5. The van der Waals surface area contributed by atoms with Crippen LogP contribution in [-0.2, 0) is 4.79 Å². The fourth-order valence-electron chi connectivity index (χ4n) is 4.93. The number of aryl methyl sites for hydroxylation is 2. The number of hydrogen-bond donors (Lipinski definition) is 3. The number of nitrogens with zero attached hydrogens (tertiary/aromatic N) is 4. The summed E-state index contributed by atoms with van der Waals surface area (Å²) >= 11 is 0. The highest BCUT2D eigenvalue weighted by atomic mass is 16.6. The molecule has 0 saturated heterocycles. The number of H-pyrrole nitrogens is 1. The van der Waals surface area contributed by atoms with Gasteiger partial charge in [-0.15, -0.1) is 0 Å². The Kier molecular flexibility index (Phi) is 6.12. The summed E-state index contributed by atoms with van der Waals surface area (Å²) in [4.78, 5) is 31.2. The van der Waals surface area contributed by atoms with Crippen LogP contribution in [0.3, 0.4) is 0 Å². The molecule has 0 spiro atoms. The zero-order chi connectivity index (χ0) is 24.7. The van der Waals surface area contributed by atoms with Gasteiger partial charge in [-0.05, 0) is 74.6 Å². The van der Waals surface area contributed by atoms with E-state index in [9.17, 15) is 9.59 Å². The second kappa shape index (κ2) is 9.24. The number of rotatable bonds is 9. The van der Waals surface area contributed by atoms with Crippen LogP contribution in [0.2, 0.25) is 0 Å². The number of amides is 2. The van der Waals surface area contributed by atoms with E-state index >= 15 is 0 Å². The van der Waals surface area contributed by atoms with Crippen molar-refractivity contribution in [2.24, 2.45) is 17.8 Å². The molecule has 10 nitrogen and oxygen atoms in total. The summed E-state index contributed by atoms with van der Waals surface area (Å²) < 4.78 is 4.83. The molecule has 2 fully saturated rings. The average Bonchev–Trinajstić information content (AvgIpc) is 3.76. The lowest BCUT2D eigenvalue weighted by Gasteiger charge is -2.27. The van der Waals surface area contributed by atoms with Crippen molar-refractivity contribution in [2.45, 2.75) is 65.3 Å². The third kappa shape index (κ3) is 4.82. The zero-order valence-electron chi connectivity index (χ0n) is 20.5. The first-order chi connectivity index (χ1) is 16.8. The molecule has 3 heterocycles. The molecule has 0 bridgehead atoms. The molecule has 35 heavy (non-hydrogen) atoms. The van der Waals surface area contributed by atoms with Crippen LogP contribution in [0, 0.1) is 31.6 Å². The van der Waals surface area contributed by atoms with Crippen LogP contribution in [0.25, 0.3) is 11.3 Å².